The highest BCUT2D eigenvalue weighted by Gasteiger charge is 2.44. The quantitative estimate of drug-likeness (QED) is 0.575. The van der Waals surface area contributed by atoms with E-state index in [2.05, 4.69) is 5.32 Å². The second-order valence-corrected chi connectivity index (χ2v) is 7.54. The molecule has 1 N–H and O–H groups in total. The first kappa shape index (κ1) is 22.0. The summed E-state index contributed by atoms with van der Waals surface area (Å²) in [6.07, 6.45) is -0.148. The van der Waals surface area contributed by atoms with Crippen molar-refractivity contribution in [2.75, 3.05) is 17.3 Å². The van der Waals surface area contributed by atoms with E-state index >= 15 is 0 Å². The molecule has 0 spiro atoms. The van der Waals surface area contributed by atoms with Gasteiger partial charge in [0.05, 0.1) is 19.2 Å². The largest absolute Gasteiger partial charge is 0.497 e. The van der Waals surface area contributed by atoms with Gasteiger partial charge in [-0.1, -0.05) is 30.3 Å². The number of anilines is 2. The van der Waals surface area contributed by atoms with Crippen LogP contribution in [-0.2, 0) is 16.1 Å². The fourth-order valence-electron chi connectivity index (χ4n) is 3.69. The smallest absolute Gasteiger partial charge is 0.322 e. The summed E-state index contributed by atoms with van der Waals surface area (Å²) in [5.41, 5.74) is 1.58. The number of carbonyl (C=O) groups is 3. The minimum Gasteiger partial charge on any atom is -0.497 e. The van der Waals surface area contributed by atoms with Crippen LogP contribution in [0.3, 0.4) is 0 Å². The van der Waals surface area contributed by atoms with E-state index < -0.39 is 29.7 Å². The molecule has 1 aliphatic rings. The van der Waals surface area contributed by atoms with E-state index in [1.807, 2.05) is 0 Å². The van der Waals surface area contributed by atoms with Crippen molar-refractivity contribution in [2.45, 2.75) is 19.0 Å². The number of hydrogen-bond donors (Lipinski definition) is 1. The maximum absolute atomic E-state index is 13.4. The molecule has 1 fully saturated rings. The summed E-state index contributed by atoms with van der Waals surface area (Å²) < 4.78 is 18.5. The van der Waals surface area contributed by atoms with E-state index in [0.717, 1.165) is 4.90 Å². The fourth-order valence-corrected chi connectivity index (χ4v) is 3.69. The van der Waals surface area contributed by atoms with Gasteiger partial charge < -0.3 is 15.0 Å². The monoisotopic (exact) mass is 447 g/mol. The average Bonchev–Trinajstić information content (AvgIpc) is 3.13. The van der Waals surface area contributed by atoms with Crippen LogP contribution in [0.4, 0.5) is 20.6 Å². The van der Waals surface area contributed by atoms with Crippen LogP contribution in [-0.4, -0.2) is 35.9 Å². The molecule has 4 rings (SSSR count). The van der Waals surface area contributed by atoms with Gasteiger partial charge in [0.1, 0.15) is 17.6 Å². The SMILES string of the molecule is COc1ccc(NC(=O)N(Cc2ccc(F)cc2)[C@@H]2CC(=O)N(c3ccccc3)C2=O)cc1. The number of nitrogens with zero attached hydrogens (tertiary/aromatic N) is 2. The second kappa shape index (κ2) is 9.52. The normalized spacial score (nSPS) is 15.5. The third kappa shape index (κ3) is 4.85. The van der Waals surface area contributed by atoms with Crippen LogP contribution in [0.2, 0.25) is 0 Å². The molecule has 1 aliphatic heterocycles. The molecule has 33 heavy (non-hydrogen) atoms. The number of ether oxygens (including phenoxy) is 1. The summed E-state index contributed by atoms with van der Waals surface area (Å²) in [4.78, 5) is 41.6. The lowest BCUT2D eigenvalue weighted by Gasteiger charge is -2.28. The van der Waals surface area contributed by atoms with Crippen molar-refractivity contribution >= 4 is 29.2 Å². The highest BCUT2D eigenvalue weighted by atomic mass is 19.1. The Hall–Kier alpha value is -4.20. The maximum atomic E-state index is 13.4. The van der Waals surface area contributed by atoms with Crippen LogP contribution >= 0.6 is 0 Å². The number of methoxy groups -OCH3 is 1. The van der Waals surface area contributed by atoms with Gasteiger partial charge in [-0.25, -0.2) is 14.1 Å². The molecule has 7 nitrogen and oxygen atoms in total. The third-order valence-corrected chi connectivity index (χ3v) is 5.38. The van der Waals surface area contributed by atoms with Crippen LogP contribution in [0.15, 0.2) is 78.9 Å². The predicted molar refractivity (Wildman–Crippen MR) is 121 cm³/mol. The summed E-state index contributed by atoms with van der Waals surface area (Å²) >= 11 is 0. The number of benzene rings is 3. The van der Waals surface area contributed by atoms with E-state index in [1.165, 1.54) is 17.0 Å². The molecular weight excluding hydrogens is 425 g/mol. The zero-order valence-electron chi connectivity index (χ0n) is 17.9. The third-order valence-electron chi connectivity index (χ3n) is 5.38. The van der Waals surface area contributed by atoms with Gasteiger partial charge in [0.15, 0.2) is 0 Å². The average molecular weight is 447 g/mol. The van der Waals surface area contributed by atoms with Gasteiger partial charge in [-0.3, -0.25) is 9.59 Å². The van der Waals surface area contributed by atoms with Gasteiger partial charge in [0.25, 0.3) is 5.91 Å². The van der Waals surface area contributed by atoms with Gasteiger partial charge in [-0.15, -0.1) is 0 Å². The van der Waals surface area contributed by atoms with Gasteiger partial charge in [0.2, 0.25) is 5.91 Å². The molecular formula is C25H22FN3O4. The molecule has 0 aliphatic carbocycles. The molecule has 168 valence electrons. The summed E-state index contributed by atoms with van der Waals surface area (Å²) in [6, 6.07) is 19.4. The lowest BCUT2D eigenvalue weighted by atomic mass is 10.1. The van der Waals surface area contributed by atoms with Crippen molar-refractivity contribution in [3.63, 3.8) is 0 Å². The van der Waals surface area contributed by atoms with Gasteiger partial charge >= 0.3 is 6.03 Å². The van der Waals surface area contributed by atoms with Crippen molar-refractivity contribution in [2.24, 2.45) is 0 Å². The van der Waals surface area contributed by atoms with Crippen LogP contribution in [0.1, 0.15) is 12.0 Å². The Morgan fingerprint density at radius 1 is 1.03 bits per heavy atom. The molecule has 0 unspecified atom stereocenters. The number of nitrogens with one attached hydrogen (secondary N) is 1. The summed E-state index contributed by atoms with van der Waals surface area (Å²) in [5, 5.41) is 2.77. The Kier molecular flexibility index (Phi) is 6.35. The molecule has 1 saturated heterocycles. The maximum Gasteiger partial charge on any atom is 0.322 e. The molecule has 1 atom stereocenters. The standard InChI is InChI=1S/C25H22FN3O4/c1-33-21-13-11-19(12-14-21)27-25(32)28(16-17-7-9-18(26)10-8-17)22-15-23(30)29(24(22)31)20-5-3-2-4-6-20/h2-14,22H,15-16H2,1H3,(H,27,32)/t22-/m1/s1. The fraction of sp³-hybridized carbons (Fsp3) is 0.160. The minimum absolute atomic E-state index is 0.0224. The Bertz CT molecular complexity index is 1150. The predicted octanol–water partition coefficient (Wildman–Crippen LogP) is 4.20. The summed E-state index contributed by atoms with van der Waals surface area (Å²) in [6.45, 7) is 0.0224. The minimum atomic E-state index is -0.999. The van der Waals surface area contributed by atoms with Crippen LogP contribution < -0.4 is 15.0 Å². The number of para-hydroxylation sites is 1. The summed E-state index contributed by atoms with van der Waals surface area (Å²) in [5.74, 6) is -0.655. The second-order valence-electron chi connectivity index (χ2n) is 7.54. The molecule has 1 heterocycles. The number of carbonyl (C=O) groups excluding carboxylic acids is 3. The number of halogens is 1. The molecule has 3 aromatic rings. The highest BCUT2D eigenvalue weighted by Crippen LogP contribution is 2.27. The van der Waals surface area contributed by atoms with Crippen molar-refractivity contribution in [1.29, 1.82) is 0 Å². The first-order chi connectivity index (χ1) is 16.0. The molecule has 8 heteroatoms. The molecule has 0 saturated carbocycles. The molecule has 0 bridgehead atoms. The van der Waals surface area contributed by atoms with E-state index in [1.54, 1.807) is 73.8 Å². The van der Waals surface area contributed by atoms with Crippen LogP contribution in [0.25, 0.3) is 0 Å². The first-order valence-corrected chi connectivity index (χ1v) is 10.3. The van der Waals surface area contributed by atoms with E-state index in [-0.39, 0.29) is 13.0 Å². The van der Waals surface area contributed by atoms with E-state index in [9.17, 15) is 18.8 Å². The molecule has 3 aromatic carbocycles. The molecule has 4 amide bonds. The first-order valence-electron chi connectivity index (χ1n) is 10.3. The lowest BCUT2D eigenvalue weighted by Crippen LogP contribution is -2.46. The Morgan fingerprint density at radius 3 is 2.33 bits per heavy atom. The molecule has 0 aromatic heterocycles. The van der Waals surface area contributed by atoms with Crippen LogP contribution in [0.5, 0.6) is 5.75 Å². The Labute approximate surface area is 190 Å². The van der Waals surface area contributed by atoms with E-state index in [0.29, 0.717) is 22.7 Å². The Morgan fingerprint density at radius 2 is 1.70 bits per heavy atom. The topological polar surface area (TPSA) is 79.0 Å². The number of imide groups is 1. The zero-order chi connectivity index (χ0) is 23.4. The summed E-state index contributed by atoms with van der Waals surface area (Å²) in [7, 11) is 1.54. The zero-order valence-corrected chi connectivity index (χ0v) is 17.9. The van der Waals surface area contributed by atoms with E-state index in [4.69, 9.17) is 4.74 Å². The van der Waals surface area contributed by atoms with Gasteiger partial charge in [-0.2, -0.15) is 0 Å². The molecule has 0 radical (unpaired) electrons. The van der Waals surface area contributed by atoms with Gasteiger partial charge in [-0.05, 0) is 54.1 Å². The van der Waals surface area contributed by atoms with Crippen molar-refractivity contribution < 1.29 is 23.5 Å². The van der Waals surface area contributed by atoms with Crippen molar-refractivity contribution in [3.05, 3.63) is 90.2 Å². The number of hydrogen-bond acceptors (Lipinski definition) is 4. The Balaban J connectivity index is 1.61. The van der Waals surface area contributed by atoms with Crippen molar-refractivity contribution in [1.82, 2.24) is 4.90 Å². The lowest BCUT2D eigenvalue weighted by molar-refractivity contribution is -0.122. The van der Waals surface area contributed by atoms with Crippen molar-refractivity contribution in [3.8, 4) is 5.75 Å². The number of amides is 4. The van der Waals surface area contributed by atoms with Gasteiger partial charge in [0, 0.05) is 12.2 Å². The highest BCUT2D eigenvalue weighted by molar-refractivity contribution is 6.23. The number of rotatable bonds is 6. The number of urea groups is 1. The van der Waals surface area contributed by atoms with Crippen LogP contribution in [0, 0.1) is 5.82 Å².